The zero-order valence-corrected chi connectivity index (χ0v) is 12.2. The lowest BCUT2D eigenvalue weighted by atomic mass is 10.1. The highest BCUT2D eigenvalue weighted by Crippen LogP contribution is 2.23. The SMILES string of the molecule is CCCN(CCN(C)C)c1ccc(F)cc1CCl. The Labute approximate surface area is 114 Å². The number of halogens is 2. The Balaban J connectivity index is 2.89. The van der Waals surface area contributed by atoms with Crippen LogP contribution in [0.25, 0.3) is 0 Å². The molecule has 0 aromatic heterocycles. The van der Waals surface area contributed by atoms with Crippen molar-refractivity contribution >= 4 is 17.3 Å². The molecule has 0 radical (unpaired) electrons. The van der Waals surface area contributed by atoms with Gasteiger partial charge in [-0.2, -0.15) is 0 Å². The molecule has 0 aliphatic rings. The maximum absolute atomic E-state index is 13.2. The minimum atomic E-state index is -0.224. The van der Waals surface area contributed by atoms with Crippen LogP contribution in [0.1, 0.15) is 18.9 Å². The summed E-state index contributed by atoms with van der Waals surface area (Å²) in [5, 5.41) is 0. The predicted octanol–water partition coefficient (Wildman–Crippen LogP) is 3.34. The second kappa shape index (κ2) is 7.59. The van der Waals surface area contributed by atoms with Gasteiger partial charge in [0, 0.05) is 31.2 Å². The quantitative estimate of drug-likeness (QED) is 0.703. The van der Waals surface area contributed by atoms with E-state index in [9.17, 15) is 4.39 Å². The molecule has 0 N–H and O–H groups in total. The van der Waals surface area contributed by atoms with E-state index in [2.05, 4.69) is 30.8 Å². The average molecular weight is 273 g/mol. The van der Waals surface area contributed by atoms with E-state index in [0.29, 0.717) is 5.88 Å². The highest BCUT2D eigenvalue weighted by Gasteiger charge is 2.11. The van der Waals surface area contributed by atoms with Gasteiger partial charge in [-0.1, -0.05) is 6.92 Å². The van der Waals surface area contributed by atoms with Crippen LogP contribution in [-0.2, 0) is 5.88 Å². The summed E-state index contributed by atoms with van der Waals surface area (Å²) in [6.45, 7) is 5.01. The third-order valence-electron chi connectivity index (χ3n) is 2.84. The summed E-state index contributed by atoms with van der Waals surface area (Å²) in [4.78, 5) is 4.42. The number of benzene rings is 1. The molecule has 0 bridgehead atoms. The molecule has 0 atom stereocenters. The first-order valence-electron chi connectivity index (χ1n) is 6.32. The highest BCUT2D eigenvalue weighted by molar-refractivity contribution is 6.17. The van der Waals surface area contributed by atoms with Crippen molar-refractivity contribution < 1.29 is 4.39 Å². The summed E-state index contributed by atoms with van der Waals surface area (Å²) in [6.07, 6.45) is 1.06. The molecule has 18 heavy (non-hydrogen) atoms. The van der Waals surface area contributed by atoms with Crippen LogP contribution in [0.4, 0.5) is 10.1 Å². The van der Waals surface area contributed by atoms with Gasteiger partial charge in [-0.15, -0.1) is 11.6 Å². The molecule has 0 amide bonds. The molecule has 1 rings (SSSR count). The van der Waals surface area contributed by atoms with Gasteiger partial charge in [-0.3, -0.25) is 0 Å². The molecule has 0 aliphatic carbocycles. The minimum absolute atomic E-state index is 0.224. The van der Waals surface area contributed by atoms with Crippen molar-refractivity contribution in [2.75, 3.05) is 38.6 Å². The average Bonchev–Trinajstić information content (AvgIpc) is 2.34. The van der Waals surface area contributed by atoms with Gasteiger partial charge in [0.1, 0.15) is 5.82 Å². The van der Waals surface area contributed by atoms with E-state index >= 15 is 0 Å². The summed E-state index contributed by atoms with van der Waals surface area (Å²) in [5.41, 5.74) is 1.92. The zero-order valence-electron chi connectivity index (χ0n) is 11.4. The van der Waals surface area contributed by atoms with Crippen LogP contribution < -0.4 is 4.90 Å². The molecular formula is C14H22ClFN2. The van der Waals surface area contributed by atoms with Crippen LogP contribution in [0.3, 0.4) is 0 Å². The third-order valence-corrected chi connectivity index (χ3v) is 3.12. The highest BCUT2D eigenvalue weighted by atomic mass is 35.5. The van der Waals surface area contributed by atoms with Crippen molar-refractivity contribution in [2.45, 2.75) is 19.2 Å². The van der Waals surface area contributed by atoms with Crippen LogP contribution in [0.2, 0.25) is 0 Å². The molecule has 0 heterocycles. The van der Waals surface area contributed by atoms with Crippen molar-refractivity contribution in [3.8, 4) is 0 Å². The number of nitrogens with zero attached hydrogens (tertiary/aromatic N) is 2. The van der Waals surface area contributed by atoms with Gasteiger partial charge in [0.15, 0.2) is 0 Å². The van der Waals surface area contributed by atoms with Gasteiger partial charge in [-0.25, -0.2) is 4.39 Å². The van der Waals surface area contributed by atoms with Gasteiger partial charge in [-0.05, 0) is 44.3 Å². The number of hydrogen-bond acceptors (Lipinski definition) is 2. The maximum atomic E-state index is 13.2. The first-order valence-corrected chi connectivity index (χ1v) is 6.86. The molecule has 0 saturated heterocycles. The summed E-state index contributed by atoms with van der Waals surface area (Å²) in [6, 6.07) is 4.86. The first-order chi connectivity index (χ1) is 8.58. The van der Waals surface area contributed by atoms with Crippen LogP contribution in [0.5, 0.6) is 0 Å². The van der Waals surface area contributed by atoms with E-state index in [-0.39, 0.29) is 5.82 Å². The second-order valence-electron chi connectivity index (χ2n) is 4.70. The van der Waals surface area contributed by atoms with Gasteiger partial charge in [0.05, 0.1) is 0 Å². The standard InChI is InChI=1S/C14H22ClFN2/c1-4-7-18(9-8-17(2)3)14-6-5-13(16)10-12(14)11-15/h5-6,10H,4,7-9,11H2,1-3H3. The smallest absolute Gasteiger partial charge is 0.123 e. The van der Waals surface area contributed by atoms with Crippen LogP contribution in [0.15, 0.2) is 18.2 Å². The molecule has 1 aromatic carbocycles. The molecule has 0 spiro atoms. The normalized spacial score (nSPS) is 11.0. The van der Waals surface area contributed by atoms with Crippen molar-refractivity contribution in [3.63, 3.8) is 0 Å². The van der Waals surface area contributed by atoms with Crippen LogP contribution in [0, 0.1) is 5.82 Å². The van der Waals surface area contributed by atoms with E-state index in [1.54, 1.807) is 0 Å². The Bertz CT molecular complexity index is 369. The van der Waals surface area contributed by atoms with Crippen molar-refractivity contribution in [3.05, 3.63) is 29.6 Å². The fraction of sp³-hybridized carbons (Fsp3) is 0.571. The molecule has 102 valence electrons. The number of hydrogen-bond donors (Lipinski definition) is 0. The lowest BCUT2D eigenvalue weighted by molar-refractivity contribution is 0.413. The summed E-state index contributed by atoms with van der Waals surface area (Å²) < 4.78 is 13.2. The monoisotopic (exact) mass is 272 g/mol. The lowest BCUT2D eigenvalue weighted by Gasteiger charge is -2.27. The van der Waals surface area contributed by atoms with E-state index in [4.69, 9.17) is 11.6 Å². The summed E-state index contributed by atoms with van der Waals surface area (Å²) in [7, 11) is 4.11. The van der Waals surface area contributed by atoms with E-state index in [1.807, 2.05) is 6.07 Å². The Morgan fingerprint density at radius 2 is 1.89 bits per heavy atom. The fourth-order valence-corrected chi connectivity index (χ4v) is 2.13. The lowest BCUT2D eigenvalue weighted by Crippen LogP contribution is -2.33. The molecule has 0 aliphatic heterocycles. The van der Waals surface area contributed by atoms with Crippen molar-refractivity contribution in [1.82, 2.24) is 4.90 Å². The molecule has 4 heteroatoms. The number of likely N-dealkylation sites (N-methyl/N-ethyl adjacent to an activating group) is 1. The van der Waals surface area contributed by atoms with Crippen molar-refractivity contribution in [2.24, 2.45) is 0 Å². The van der Waals surface area contributed by atoms with Gasteiger partial charge >= 0.3 is 0 Å². The maximum Gasteiger partial charge on any atom is 0.123 e. The molecule has 0 saturated carbocycles. The number of alkyl halides is 1. The van der Waals surface area contributed by atoms with E-state index < -0.39 is 0 Å². The zero-order chi connectivity index (χ0) is 13.5. The molecule has 2 nitrogen and oxygen atoms in total. The molecule has 0 unspecified atom stereocenters. The van der Waals surface area contributed by atoms with E-state index in [1.165, 1.54) is 12.1 Å². The minimum Gasteiger partial charge on any atom is -0.370 e. The largest absolute Gasteiger partial charge is 0.370 e. The van der Waals surface area contributed by atoms with Crippen molar-refractivity contribution in [1.29, 1.82) is 0 Å². The number of anilines is 1. The number of rotatable bonds is 7. The van der Waals surface area contributed by atoms with Gasteiger partial charge in [0.25, 0.3) is 0 Å². The fourth-order valence-electron chi connectivity index (χ4n) is 1.91. The Morgan fingerprint density at radius 3 is 2.44 bits per heavy atom. The summed E-state index contributed by atoms with van der Waals surface area (Å²) in [5.74, 6) is 0.119. The molecule has 0 fully saturated rings. The third kappa shape index (κ3) is 4.46. The van der Waals surface area contributed by atoms with Gasteiger partial charge < -0.3 is 9.80 Å². The summed E-state index contributed by atoms with van der Waals surface area (Å²) >= 11 is 5.91. The Hall–Kier alpha value is -0.800. The van der Waals surface area contributed by atoms with Crippen LogP contribution >= 0.6 is 11.6 Å². The predicted molar refractivity (Wildman–Crippen MR) is 77.0 cm³/mol. The Kier molecular flexibility index (Phi) is 6.44. The second-order valence-corrected chi connectivity index (χ2v) is 4.96. The molecular weight excluding hydrogens is 251 g/mol. The van der Waals surface area contributed by atoms with Crippen LogP contribution in [-0.4, -0.2) is 38.6 Å². The molecule has 1 aromatic rings. The van der Waals surface area contributed by atoms with Gasteiger partial charge in [0.2, 0.25) is 0 Å². The van der Waals surface area contributed by atoms with E-state index in [0.717, 1.165) is 37.3 Å². The topological polar surface area (TPSA) is 6.48 Å². The Morgan fingerprint density at radius 1 is 1.17 bits per heavy atom. The first kappa shape index (κ1) is 15.3.